The van der Waals surface area contributed by atoms with Crippen LogP contribution < -0.4 is 4.72 Å². The van der Waals surface area contributed by atoms with Gasteiger partial charge in [-0.1, -0.05) is 11.6 Å². The monoisotopic (exact) mass is 298 g/mol. The second kappa shape index (κ2) is 5.30. The van der Waals surface area contributed by atoms with Crippen LogP contribution >= 0.6 is 11.6 Å². The van der Waals surface area contributed by atoms with Crippen LogP contribution in [0, 0.1) is 0 Å². The molecular formula is C8H11ClN2O4S2. The Labute approximate surface area is 105 Å². The quantitative estimate of drug-likeness (QED) is 0.829. The summed E-state index contributed by atoms with van der Waals surface area (Å²) in [5, 5.41) is 0.0341. The van der Waals surface area contributed by atoms with Crippen molar-refractivity contribution >= 4 is 31.5 Å². The van der Waals surface area contributed by atoms with E-state index in [2.05, 4.69) is 9.71 Å². The highest BCUT2D eigenvalue weighted by molar-refractivity contribution is 7.91. The van der Waals surface area contributed by atoms with Crippen LogP contribution in [0.5, 0.6) is 0 Å². The molecule has 1 N–H and O–H groups in total. The first kappa shape index (κ1) is 14.4. The van der Waals surface area contributed by atoms with Crippen LogP contribution in [0.2, 0.25) is 5.02 Å². The average molecular weight is 299 g/mol. The van der Waals surface area contributed by atoms with Crippen LogP contribution in [0.15, 0.2) is 23.4 Å². The molecule has 0 aliphatic rings. The number of aromatic nitrogens is 1. The van der Waals surface area contributed by atoms with E-state index in [0.29, 0.717) is 0 Å². The van der Waals surface area contributed by atoms with Crippen LogP contribution in [-0.4, -0.2) is 40.4 Å². The topological polar surface area (TPSA) is 93.2 Å². The van der Waals surface area contributed by atoms with Crippen LogP contribution in [0.1, 0.15) is 0 Å². The fourth-order valence-corrected chi connectivity index (χ4v) is 3.06. The lowest BCUT2D eigenvalue weighted by molar-refractivity contribution is 0.581. The van der Waals surface area contributed by atoms with Gasteiger partial charge in [-0.3, -0.25) is 4.98 Å². The zero-order chi connectivity index (χ0) is 13.1. The molecule has 0 saturated carbocycles. The predicted molar refractivity (Wildman–Crippen MR) is 64.1 cm³/mol. The molecule has 0 fully saturated rings. The predicted octanol–water partition coefficient (Wildman–Crippen LogP) is 0.0579. The van der Waals surface area contributed by atoms with Gasteiger partial charge in [0.2, 0.25) is 10.0 Å². The fourth-order valence-electron chi connectivity index (χ4n) is 1.000. The van der Waals surface area contributed by atoms with Gasteiger partial charge in [0.05, 0.1) is 10.8 Å². The molecule has 0 spiro atoms. The first-order valence-electron chi connectivity index (χ1n) is 4.49. The van der Waals surface area contributed by atoms with Gasteiger partial charge in [0, 0.05) is 25.2 Å². The van der Waals surface area contributed by atoms with Gasteiger partial charge < -0.3 is 0 Å². The maximum Gasteiger partial charge on any atom is 0.243 e. The van der Waals surface area contributed by atoms with Crippen molar-refractivity contribution in [3.8, 4) is 0 Å². The second-order valence-corrected chi connectivity index (χ2v) is 7.74. The number of sulfone groups is 1. The summed E-state index contributed by atoms with van der Waals surface area (Å²) in [6, 6.07) is 1.34. The molecule has 1 aromatic heterocycles. The van der Waals surface area contributed by atoms with Crippen molar-refractivity contribution < 1.29 is 16.8 Å². The molecule has 0 saturated heterocycles. The zero-order valence-electron chi connectivity index (χ0n) is 8.92. The highest BCUT2D eigenvalue weighted by Crippen LogP contribution is 2.18. The summed E-state index contributed by atoms with van der Waals surface area (Å²) >= 11 is 5.70. The second-order valence-electron chi connectivity index (χ2n) is 3.33. The Kier molecular flexibility index (Phi) is 4.48. The van der Waals surface area contributed by atoms with Crippen LogP contribution in [-0.2, 0) is 19.9 Å². The van der Waals surface area contributed by atoms with Crippen LogP contribution in [0.25, 0.3) is 0 Å². The number of rotatable bonds is 5. The number of nitrogens with one attached hydrogen (secondary N) is 1. The molecule has 0 amide bonds. The molecule has 1 aromatic rings. The van der Waals surface area contributed by atoms with E-state index in [9.17, 15) is 16.8 Å². The van der Waals surface area contributed by atoms with Gasteiger partial charge in [-0.05, 0) is 6.07 Å². The molecule has 0 radical (unpaired) electrons. The molecular weight excluding hydrogens is 288 g/mol. The van der Waals surface area contributed by atoms with Gasteiger partial charge in [0.25, 0.3) is 0 Å². The third-order valence-electron chi connectivity index (χ3n) is 1.79. The minimum Gasteiger partial charge on any atom is -0.263 e. The van der Waals surface area contributed by atoms with E-state index in [0.717, 1.165) is 12.5 Å². The van der Waals surface area contributed by atoms with Gasteiger partial charge >= 0.3 is 0 Å². The molecule has 96 valence electrons. The number of hydrogen-bond acceptors (Lipinski definition) is 5. The molecule has 0 aromatic carbocycles. The number of pyridine rings is 1. The van der Waals surface area contributed by atoms with Crippen molar-refractivity contribution in [3.63, 3.8) is 0 Å². The van der Waals surface area contributed by atoms with Gasteiger partial charge in [-0.15, -0.1) is 0 Å². The summed E-state index contributed by atoms with van der Waals surface area (Å²) in [5.41, 5.74) is 0. The van der Waals surface area contributed by atoms with Gasteiger partial charge in [-0.25, -0.2) is 21.6 Å². The summed E-state index contributed by atoms with van der Waals surface area (Å²) in [6.07, 6.45) is 3.49. The van der Waals surface area contributed by atoms with Gasteiger partial charge in [0.15, 0.2) is 0 Å². The number of halogens is 1. The van der Waals surface area contributed by atoms with Crippen molar-refractivity contribution in [2.45, 2.75) is 4.90 Å². The lowest BCUT2D eigenvalue weighted by atomic mass is 10.5. The van der Waals surface area contributed by atoms with E-state index in [1.54, 1.807) is 0 Å². The maximum absolute atomic E-state index is 11.7. The molecule has 0 aliphatic carbocycles. The van der Waals surface area contributed by atoms with Crippen LogP contribution in [0.4, 0.5) is 0 Å². The summed E-state index contributed by atoms with van der Waals surface area (Å²) in [6.45, 7) is -0.202. The Morgan fingerprint density at radius 1 is 1.35 bits per heavy atom. The van der Waals surface area contributed by atoms with Crippen molar-refractivity contribution in [1.29, 1.82) is 0 Å². The molecule has 0 unspecified atom stereocenters. The molecule has 6 nitrogen and oxygen atoms in total. The highest BCUT2D eigenvalue weighted by Gasteiger charge is 2.18. The Bertz CT molecular complexity index is 598. The SMILES string of the molecule is CS(=O)(=O)CCNS(=O)(=O)c1cnccc1Cl. The van der Waals surface area contributed by atoms with E-state index in [4.69, 9.17) is 11.6 Å². The smallest absolute Gasteiger partial charge is 0.243 e. The van der Waals surface area contributed by atoms with E-state index in [-0.39, 0.29) is 22.2 Å². The van der Waals surface area contributed by atoms with Crippen molar-refractivity contribution in [1.82, 2.24) is 9.71 Å². The number of nitrogens with zero attached hydrogens (tertiary/aromatic N) is 1. The molecule has 9 heteroatoms. The minimum atomic E-state index is -3.82. The number of sulfonamides is 1. The average Bonchev–Trinajstić information content (AvgIpc) is 2.15. The molecule has 1 heterocycles. The third kappa shape index (κ3) is 4.58. The lowest BCUT2D eigenvalue weighted by Gasteiger charge is -2.06. The maximum atomic E-state index is 11.7. The third-order valence-corrected chi connectivity index (χ3v) is 4.66. The van der Waals surface area contributed by atoms with Crippen molar-refractivity contribution in [2.75, 3.05) is 18.6 Å². The van der Waals surface area contributed by atoms with Gasteiger partial charge in [0.1, 0.15) is 14.7 Å². The van der Waals surface area contributed by atoms with Crippen molar-refractivity contribution in [3.05, 3.63) is 23.5 Å². The Balaban J connectivity index is 2.81. The molecule has 0 bridgehead atoms. The van der Waals surface area contributed by atoms with E-state index < -0.39 is 19.9 Å². The standard InChI is InChI=1S/C8H11ClN2O4S2/c1-16(12,13)5-4-11-17(14,15)8-6-10-3-2-7(8)9/h2-3,6,11H,4-5H2,1H3. The largest absolute Gasteiger partial charge is 0.263 e. The fraction of sp³-hybridized carbons (Fsp3) is 0.375. The lowest BCUT2D eigenvalue weighted by Crippen LogP contribution is -2.29. The van der Waals surface area contributed by atoms with Crippen molar-refractivity contribution in [2.24, 2.45) is 0 Å². The first-order chi connectivity index (χ1) is 7.72. The Morgan fingerprint density at radius 3 is 2.53 bits per heavy atom. The number of hydrogen-bond donors (Lipinski definition) is 1. The Morgan fingerprint density at radius 2 is 2.00 bits per heavy atom. The molecule has 0 aliphatic heterocycles. The minimum absolute atomic E-state index is 0.0341. The Hall–Kier alpha value is -0.700. The highest BCUT2D eigenvalue weighted by atomic mass is 35.5. The summed E-state index contributed by atoms with van der Waals surface area (Å²) in [5.74, 6) is -0.274. The zero-order valence-corrected chi connectivity index (χ0v) is 11.3. The van der Waals surface area contributed by atoms with Crippen LogP contribution in [0.3, 0.4) is 0 Å². The first-order valence-corrected chi connectivity index (χ1v) is 8.41. The summed E-state index contributed by atoms with van der Waals surface area (Å²) in [4.78, 5) is 3.48. The summed E-state index contributed by atoms with van der Waals surface area (Å²) < 4.78 is 47.3. The normalized spacial score (nSPS) is 12.6. The van der Waals surface area contributed by atoms with Gasteiger partial charge in [-0.2, -0.15) is 0 Å². The molecule has 17 heavy (non-hydrogen) atoms. The van der Waals surface area contributed by atoms with E-state index in [1.165, 1.54) is 12.3 Å². The van der Waals surface area contributed by atoms with E-state index >= 15 is 0 Å². The summed E-state index contributed by atoms with van der Waals surface area (Å²) in [7, 11) is -7.04. The molecule has 0 atom stereocenters. The van der Waals surface area contributed by atoms with E-state index in [1.807, 2.05) is 0 Å². The molecule has 1 rings (SSSR count).